The molecule has 0 aromatic carbocycles. The first-order chi connectivity index (χ1) is 5.20. The number of ether oxygens (including phenoxy) is 1. The van der Waals surface area contributed by atoms with Crippen molar-refractivity contribution in [2.24, 2.45) is 5.92 Å². The van der Waals surface area contributed by atoms with Crippen LogP contribution in [0, 0.1) is 5.92 Å². The summed E-state index contributed by atoms with van der Waals surface area (Å²) in [5, 5.41) is 8.59. The van der Waals surface area contributed by atoms with E-state index in [1.165, 1.54) is 0 Å². The van der Waals surface area contributed by atoms with Crippen molar-refractivity contribution in [1.29, 1.82) is 0 Å². The molecule has 0 radical (unpaired) electrons. The fourth-order valence-corrected chi connectivity index (χ4v) is 1.33. The van der Waals surface area contributed by atoms with Gasteiger partial charge in [-0.15, -0.1) is 0 Å². The first kappa shape index (κ1) is 8.53. The normalized spacial score (nSPS) is 26.8. The van der Waals surface area contributed by atoms with Gasteiger partial charge in [0.1, 0.15) is 0 Å². The molecule has 11 heavy (non-hydrogen) atoms. The van der Waals surface area contributed by atoms with Crippen LogP contribution in [0.1, 0.15) is 26.2 Å². The highest BCUT2D eigenvalue weighted by Gasteiger charge is 2.21. The largest absolute Gasteiger partial charge is 0.481 e. The van der Waals surface area contributed by atoms with Gasteiger partial charge in [0.15, 0.2) is 0 Å². The van der Waals surface area contributed by atoms with E-state index < -0.39 is 5.97 Å². The summed E-state index contributed by atoms with van der Waals surface area (Å²) in [6, 6.07) is 0. The SMILES string of the molecule is C[C@@H](C[C@H]1CCCO1)C(=O)O. The fourth-order valence-electron chi connectivity index (χ4n) is 1.33. The van der Waals surface area contributed by atoms with Crippen LogP contribution in [0.25, 0.3) is 0 Å². The second-order valence-electron chi connectivity index (χ2n) is 3.11. The van der Waals surface area contributed by atoms with Gasteiger partial charge in [-0.2, -0.15) is 0 Å². The van der Waals surface area contributed by atoms with Gasteiger partial charge in [0.2, 0.25) is 0 Å². The van der Waals surface area contributed by atoms with Crippen molar-refractivity contribution in [3.05, 3.63) is 0 Å². The topological polar surface area (TPSA) is 46.5 Å². The molecule has 0 aromatic rings. The summed E-state index contributed by atoms with van der Waals surface area (Å²) in [6.45, 7) is 2.53. The molecule has 1 heterocycles. The highest BCUT2D eigenvalue weighted by atomic mass is 16.5. The van der Waals surface area contributed by atoms with Gasteiger partial charge >= 0.3 is 5.97 Å². The van der Waals surface area contributed by atoms with Crippen LogP contribution in [-0.4, -0.2) is 23.8 Å². The molecule has 0 bridgehead atoms. The quantitative estimate of drug-likeness (QED) is 0.673. The van der Waals surface area contributed by atoms with Crippen molar-refractivity contribution in [1.82, 2.24) is 0 Å². The van der Waals surface area contributed by atoms with E-state index in [0.717, 1.165) is 19.4 Å². The summed E-state index contributed by atoms with van der Waals surface area (Å²) >= 11 is 0. The Balaban J connectivity index is 2.23. The molecule has 2 atom stereocenters. The zero-order valence-corrected chi connectivity index (χ0v) is 6.75. The predicted molar refractivity (Wildman–Crippen MR) is 40.4 cm³/mol. The predicted octanol–water partition coefficient (Wildman–Crippen LogP) is 1.28. The molecule has 0 aliphatic carbocycles. The zero-order chi connectivity index (χ0) is 8.27. The number of carbonyl (C=O) groups is 1. The minimum Gasteiger partial charge on any atom is -0.481 e. The lowest BCUT2D eigenvalue weighted by molar-refractivity contribution is -0.142. The smallest absolute Gasteiger partial charge is 0.306 e. The van der Waals surface area contributed by atoms with E-state index >= 15 is 0 Å². The Morgan fingerprint density at radius 2 is 2.55 bits per heavy atom. The third kappa shape index (κ3) is 2.50. The average molecular weight is 158 g/mol. The molecule has 64 valence electrons. The zero-order valence-electron chi connectivity index (χ0n) is 6.75. The summed E-state index contributed by atoms with van der Waals surface area (Å²) in [5.74, 6) is -0.987. The highest BCUT2D eigenvalue weighted by Crippen LogP contribution is 2.19. The Kier molecular flexibility index (Phi) is 2.88. The molecule has 0 amide bonds. The monoisotopic (exact) mass is 158 g/mol. The summed E-state index contributed by atoms with van der Waals surface area (Å²) in [5.41, 5.74) is 0. The summed E-state index contributed by atoms with van der Waals surface area (Å²) in [4.78, 5) is 10.4. The molecule has 1 rings (SSSR count). The maximum atomic E-state index is 10.4. The van der Waals surface area contributed by atoms with E-state index in [0.29, 0.717) is 6.42 Å². The number of hydrogen-bond acceptors (Lipinski definition) is 2. The Bertz CT molecular complexity index is 138. The molecule has 0 aromatic heterocycles. The van der Waals surface area contributed by atoms with Gasteiger partial charge < -0.3 is 9.84 Å². The minimum absolute atomic E-state index is 0.195. The Hall–Kier alpha value is -0.570. The number of hydrogen-bond donors (Lipinski definition) is 1. The molecular formula is C8H14O3. The fraction of sp³-hybridized carbons (Fsp3) is 0.875. The molecule has 1 aliphatic rings. The van der Waals surface area contributed by atoms with Crippen LogP contribution >= 0.6 is 0 Å². The van der Waals surface area contributed by atoms with Gasteiger partial charge in [0.25, 0.3) is 0 Å². The number of carboxylic acid groups (broad SMARTS) is 1. The molecule has 0 unspecified atom stereocenters. The van der Waals surface area contributed by atoms with Crippen molar-refractivity contribution in [2.45, 2.75) is 32.3 Å². The van der Waals surface area contributed by atoms with Crippen LogP contribution in [0.4, 0.5) is 0 Å². The summed E-state index contributed by atoms with van der Waals surface area (Å²) in [6.07, 6.45) is 2.96. The molecule has 0 saturated carbocycles. The Morgan fingerprint density at radius 1 is 1.82 bits per heavy atom. The number of aliphatic carboxylic acids is 1. The van der Waals surface area contributed by atoms with Gasteiger partial charge in [-0.25, -0.2) is 0 Å². The van der Waals surface area contributed by atoms with Crippen molar-refractivity contribution in [2.75, 3.05) is 6.61 Å². The van der Waals surface area contributed by atoms with E-state index in [4.69, 9.17) is 9.84 Å². The molecule has 3 nitrogen and oxygen atoms in total. The second kappa shape index (κ2) is 3.72. The molecule has 1 aliphatic heterocycles. The minimum atomic E-state index is -0.722. The average Bonchev–Trinajstić information content (AvgIpc) is 2.39. The lowest BCUT2D eigenvalue weighted by atomic mass is 10.0. The van der Waals surface area contributed by atoms with Gasteiger partial charge in [0.05, 0.1) is 12.0 Å². The number of carboxylic acids is 1. The molecular weight excluding hydrogens is 144 g/mol. The van der Waals surface area contributed by atoms with Crippen molar-refractivity contribution >= 4 is 5.97 Å². The first-order valence-electron chi connectivity index (χ1n) is 4.04. The van der Waals surface area contributed by atoms with E-state index in [1.807, 2.05) is 0 Å². The van der Waals surface area contributed by atoms with Crippen molar-refractivity contribution in [3.63, 3.8) is 0 Å². The van der Waals surface area contributed by atoms with Crippen LogP contribution in [-0.2, 0) is 9.53 Å². The van der Waals surface area contributed by atoms with Crippen LogP contribution in [0.15, 0.2) is 0 Å². The van der Waals surface area contributed by atoms with Gasteiger partial charge in [-0.1, -0.05) is 6.92 Å². The van der Waals surface area contributed by atoms with Gasteiger partial charge in [-0.05, 0) is 19.3 Å². The highest BCUT2D eigenvalue weighted by molar-refractivity contribution is 5.69. The molecule has 1 fully saturated rings. The van der Waals surface area contributed by atoms with E-state index in [2.05, 4.69) is 0 Å². The lowest BCUT2D eigenvalue weighted by Gasteiger charge is -2.11. The molecule has 1 saturated heterocycles. The summed E-state index contributed by atoms with van der Waals surface area (Å²) < 4.78 is 5.31. The van der Waals surface area contributed by atoms with Crippen LogP contribution < -0.4 is 0 Å². The third-order valence-electron chi connectivity index (χ3n) is 2.06. The third-order valence-corrected chi connectivity index (χ3v) is 2.06. The standard InChI is InChI=1S/C8H14O3/c1-6(8(9)10)5-7-3-2-4-11-7/h6-7H,2-5H2,1H3,(H,9,10)/t6-,7+/m0/s1. The van der Waals surface area contributed by atoms with E-state index in [-0.39, 0.29) is 12.0 Å². The number of rotatable bonds is 3. The summed E-state index contributed by atoms with van der Waals surface area (Å²) in [7, 11) is 0. The maximum Gasteiger partial charge on any atom is 0.306 e. The van der Waals surface area contributed by atoms with Gasteiger partial charge in [0, 0.05) is 6.61 Å². The van der Waals surface area contributed by atoms with E-state index in [9.17, 15) is 4.79 Å². The van der Waals surface area contributed by atoms with Gasteiger partial charge in [-0.3, -0.25) is 4.79 Å². The second-order valence-corrected chi connectivity index (χ2v) is 3.11. The Morgan fingerprint density at radius 3 is 3.00 bits per heavy atom. The molecule has 0 spiro atoms. The van der Waals surface area contributed by atoms with Crippen molar-refractivity contribution in [3.8, 4) is 0 Å². The van der Waals surface area contributed by atoms with Crippen LogP contribution in [0.3, 0.4) is 0 Å². The first-order valence-corrected chi connectivity index (χ1v) is 4.04. The Labute approximate surface area is 66.4 Å². The van der Waals surface area contributed by atoms with Crippen LogP contribution in [0.5, 0.6) is 0 Å². The van der Waals surface area contributed by atoms with E-state index in [1.54, 1.807) is 6.92 Å². The van der Waals surface area contributed by atoms with Crippen molar-refractivity contribution < 1.29 is 14.6 Å². The lowest BCUT2D eigenvalue weighted by Crippen LogP contribution is -2.17. The van der Waals surface area contributed by atoms with Crippen LogP contribution in [0.2, 0.25) is 0 Å². The molecule has 1 N–H and O–H groups in total. The maximum absolute atomic E-state index is 10.4. The molecule has 3 heteroatoms.